The monoisotopic (exact) mass is 399 g/mol. The van der Waals surface area contributed by atoms with Crippen molar-refractivity contribution in [2.24, 2.45) is 0 Å². The number of ether oxygens (including phenoxy) is 1. The fraction of sp³-hybridized carbons (Fsp3) is 0.333. The van der Waals surface area contributed by atoms with Gasteiger partial charge in [-0.25, -0.2) is 4.98 Å². The van der Waals surface area contributed by atoms with E-state index >= 15 is 0 Å². The molecule has 2 aromatic carbocycles. The van der Waals surface area contributed by atoms with Gasteiger partial charge in [-0.05, 0) is 55.6 Å². The van der Waals surface area contributed by atoms with Gasteiger partial charge in [0.15, 0.2) is 0 Å². The van der Waals surface area contributed by atoms with Crippen molar-refractivity contribution in [3.63, 3.8) is 0 Å². The van der Waals surface area contributed by atoms with E-state index in [0.717, 1.165) is 46.5 Å². The summed E-state index contributed by atoms with van der Waals surface area (Å²) in [6.45, 7) is 6.81. The molecule has 1 saturated heterocycles. The minimum Gasteiger partial charge on any atom is -0.492 e. The number of carbonyl (C=O) groups excluding carboxylic acids is 1. The number of carbonyl (C=O) groups is 1. The molecule has 4 rings (SSSR count). The lowest BCUT2D eigenvalue weighted by Crippen LogP contribution is -2.62. The Morgan fingerprint density at radius 1 is 1.07 bits per heavy atom. The predicted molar refractivity (Wildman–Crippen MR) is 121 cm³/mol. The van der Waals surface area contributed by atoms with Crippen molar-refractivity contribution in [1.29, 1.82) is 0 Å². The molecular weight excluding hydrogens is 373 g/mol. The van der Waals surface area contributed by atoms with Gasteiger partial charge < -0.3 is 9.64 Å². The van der Waals surface area contributed by atoms with Crippen molar-refractivity contribution >= 4 is 30.1 Å². The molecule has 152 valence electrons. The van der Waals surface area contributed by atoms with Gasteiger partial charge in [-0.3, -0.25) is 9.69 Å². The van der Waals surface area contributed by atoms with E-state index in [1.54, 1.807) is 4.90 Å². The number of hydrogen-bond acceptors (Lipinski definition) is 4. The van der Waals surface area contributed by atoms with Crippen LogP contribution in [0.5, 0.6) is 5.75 Å². The van der Waals surface area contributed by atoms with Crippen LogP contribution >= 0.6 is 0 Å². The zero-order valence-electron chi connectivity index (χ0n) is 17.8. The summed E-state index contributed by atoms with van der Waals surface area (Å²) in [5, 5.41) is 1.03. The van der Waals surface area contributed by atoms with Crippen LogP contribution in [-0.2, 0) is 4.79 Å². The van der Waals surface area contributed by atoms with Crippen LogP contribution < -0.4 is 10.2 Å². The molecule has 1 aliphatic heterocycles. The van der Waals surface area contributed by atoms with Crippen molar-refractivity contribution < 1.29 is 9.53 Å². The maximum Gasteiger partial charge on any atom is 0.242 e. The zero-order valence-corrected chi connectivity index (χ0v) is 17.8. The summed E-state index contributed by atoms with van der Waals surface area (Å²) in [6, 6.07) is 17.7. The Bertz CT molecular complexity index is 1070. The van der Waals surface area contributed by atoms with Gasteiger partial charge in [0.1, 0.15) is 20.2 Å². The molecule has 1 amide bonds. The van der Waals surface area contributed by atoms with Crippen LogP contribution in [0.15, 0.2) is 54.6 Å². The highest BCUT2D eigenvalue weighted by Gasteiger charge is 2.39. The van der Waals surface area contributed by atoms with Crippen molar-refractivity contribution in [3.05, 3.63) is 54.6 Å². The molecule has 3 aromatic rings. The van der Waals surface area contributed by atoms with E-state index in [0.29, 0.717) is 13.2 Å². The average Bonchev–Trinajstić information content (AvgIpc) is 2.74. The molecule has 5 nitrogen and oxygen atoms in total. The molecule has 1 aromatic heterocycles. The quantitative estimate of drug-likeness (QED) is 0.619. The van der Waals surface area contributed by atoms with Crippen LogP contribution in [-0.4, -0.2) is 67.4 Å². The standard InChI is InChI=1S/C24H26BN3O2/c1-24(2)23(29)27(3)12-13-28(24)14-15-30-20-8-4-17(5-9-20)21-10-6-18-16-19(25)7-11-22(18)26-21/h4-11,16H,12-15H2,1-3H3. The van der Waals surface area contributed by atoms with Crippen molar-refractivity contribution in [2.75, 3.05) is 33.3 Å². The fourth-order valence-corrected chi connectivity index (χ4v) is 3.95. The first-order chi connectivity index (χ1) is 14.3. The highest BCUT2D eigenvalue weighted by Crippen LogP contribution is 2.24. The first kappa shape index (κ1) is 20.4. The Morgan fingerprint density at radius 3 is 2.60 bits per heavy atom. The number of pyridine rings is 1. The van der Waals surface area contributed by atoms with Gasteiger partial charge in [-0.15, -0.1) is 0 Å². The summed E-state index contributed by atoms with van der Waals surface area (Å²) in [6.07, 6.45) is 0. The third-order valence-corrected chi connectivity index (χ3v) is 5.86. The molecule has 0 N–H and O–H groups in total. The number of fused-ring (bicyclic) bond motifs is 1. The Balaban J connectivity index is 1.38. The molecule has 0 spiro atoms. The van der Waals surface area contributed by atoms with E-state index in [2.05, 4.69) is 4.90 Å². The normalized spacial score (nSPS) is 16.8. The van der Waals surface area contributed by atoms with E-state index in [-0.39, 0.29) is 5.91 Å². The van der Waals surface area contributed by atoms with E-state index < -0.39 is 5.54 Å². The smallest absolute Gasteiger partial charge is 0.242 e. The number of amides is 1. The van der Waals surface area contributed by atoms with Gasteiger partial charge in [0.05, 0.1) is 16.7 Å². The summed E-state index contributed by atoms with van der Waals surface area (Å²) in [5.74, 6) is 0.967. The first-order valence-corrected chi connectivity index (χ1v) is 10.2. The maximum absolute atomic E-state index is 12.4. The third kappa shape index (κ3) is 4.05. The number of rotatable bonds is 5. The molecule has 1 fully saturated rings. The van der Waals surface area contributed by atoms with Gasteiger partial charge in [-0.1, -0.05) is 23.7 Å². The molecule has 0 aliphatic carbocycles. The van der Waals surface area contributed by atoms with Crippen molar-refractivity contribution in [3.8, 4) is 17.0 Å². The first-order valence-electron chi connectivity index (χ1n) is 10.2. The Hall–Kier alpha value is -2.86. The maximum atomic E-state index is 12.4. The lowest BCUT2D eigenvalue weighted by molar-refractivity contribution is -0.147. The molecule has 0 unspecified atom stereocenters. The molecule has 2 radical (unpaired) electrons. The van der Waals surface area contributed by atoms with Crippen LogP contribution in [0.2, 0.25) is 0 Å². The van der Waals surface area contributed by atoms with E-state index in [9.17, 15) is 4.79 Å². The summed E-state index contributed by atoms with van der Waals surface area (Å²) >= 11 is 0. The molecule has 2 heterocycles. The summed E-state index contributed by atoms with van der Waals surface area (Å²) < 4.78 is 5.94. The zero-order chi connectivity index (χ0) is 21.3. The number of hydrogen-bond donors (Lipinski definition) is 0. The van der Waals surface area contributed by atoms with Gasteiger partial charge in [0, 0.05) is 32.2 Å². The molecule has 6 heteroatoms. The highest BCUT2D eigenvalue weighted by molar-refractivity contribution is 6.33. The molecule has 0 saturated carbocycles. The van der Waals surface area contributed by atoms with Crippen LogP contribution in [0.25, 0.3) is 22.2 Å². The van der Waals surface area contributed by atoms with Crippen LogP contribution in [0.3, 0.4) is 0 Å². The Kier molecular flexibility index (Phi) is 5.52. The second kappa shape index (κ2) is 8.11. The van der Waals surface area contributed by atoms with Gasteiger partial charge in [-0.2, -0.15) is 0 Å². The SMILES string of the molecule is [B]c1ccc2nc(-c3ccc(OCCN4CCN(C)C(=O)C4(C)C)cc3)ccc2c1. The average molecular weight is 399 g/mol. The number of likely N-dealkylation sites (N-methyl/N-ethyl adjacent to an activating group) is 1. The molecular formula is C24H26BN3O2. The van der Waals surface area contributed by atoms with Gasteiger partial charge in [0.2, 0.25) is 5.91 Å². The lowest BCUT2D eigenvalue weighted by Gasteiger charge is -2.44. The number of benzene rings is 2. The summed E-state index contributed by atoms with van der Waals surface area (Å²) in [5.41, 5.74) is 3.12. The fourth-order valence-electron chi connectivity index (χ4n) is 3.95. The van der Waals surface area contributed by atoms with Crippen LogP contribution in [0.4, 0.5) is 0 Å². The minimum atomic E-state index is -0.493. The Morgan fingerprint density at radius 2 is 1.83 bits per heavy atom. The number of aromatic nitrogens is 1. The van der Waals surface area contributed by atoms with Crippen molar-refractivity contribution in [1.82, 2.24) is 14.8 Å². The van der Waals surface area contributed by atoms with E-state index in [4.69, 9.17) is 17.6 Å². The van der Waals surface area contributed by atoms with Crippen LogP contribution in [0, 0.1) is 0 Å². The van der Waals surface area contributed by atoms with E-state index in [1.165, 1.54) is 0 Å². The molecule has 0 bridgehead atoms. The van der Waals surface area contributed by atoms with Gasteiger partial charge in [0.25, 0.3) is 0 Å². The highest BCUT2D eigenvalue weighted by atomic mass is 16.5. The number of nitrogens with zero attached hydrogens (tertiary/aromatic N) is 3. The second-order valence-corrected chi connectivity index (χ2v) is 8.29. The van der Waals surface area contributed by atoms with E-state index in [1.807, 2.05) is 75.5 Å². The number of piperazine rings is 1. The summed E-state index contributed by atoms with van der Waals surface area (Å²) in [4.78, 5) is 21.1. The van der Waals surface area contributed by atoms with Gasteiger partial charge >= 0.3 is 0 Å². The molecule has 0 atom stereocenters. The Labute approximate surface area is 179 Å². The molecule has 1 aliphatic rings. The molecule has 30 heavy (non-hydrogen) atoms. The predicted octanol–water partition coefficient (Wildman–Crippen LogP) is 2.63. The topological polar surface area (TPSA) is 45.7 Å². The van der Waals surface area contributed by atoms with Crippen LogP contribution in [0.1, 0.15) is 13.8 Å². The minimum absolute atomic E-state index is 0.156. The van der Waals surface area contributed by atoms with Crippen molar-refractivity contribution in [2.45, 2.75) is 19.4 Å². The third-order valence-electron chi connectivity index (χ3n) is 5.86. The summed E-state index contributed by atoms with van der Waals surface area (Å²) in [7, 11) is 7.70. The lowest BCUT2D eigenvalue weighted by atomic mass is 9.94. The largest absolute Gasteiger partial charge is 0.492 e. The second-order valence-electron chi connectivity index (χ2n) is 8.29.